The molecule has 0 saturated heterocycles. The third-order valence-corrected chi connectivity index (χ3v) is 5.34. The van der Waals surface area contributed by atoms with Crippen LogP contribution in [0.15, 0.2) is 18.2 Å². The Morgan fingerprint density at radius 1 is 1.24 bits per heavy atom. The highest BCUT2D eigenvalue weighted by atomic mass is 16.5. The lowest BCUT2D eigenvalue weighted by atomic mass is 9.86. The number of benzene rings is 1. The maximum Gasteiger partial charge on any atom is 0.319 e. The number of hydrogen-bond acceptors (Lipinski definition) is 2. The zero-order valence-corrected chi connectivity index (χ0v) is 12.3. The number of hydrogen-bond donors (Lipinski definition) is 2. The Labute approximate surface area is 125 Å². The Hall–Kier alpha value is -1.71. The van der Waals surface area contributed by atoms with Crippen LogP contribution in [0.2, 0.25) is 0 Å². The first-order valence-corrected chi connectivity index (χ1v) is 8.09. The molecule has 1 aliphatic heterocycles. The van der Waals surface area contributed by atoms with Gasteiger partial charge in [0.15, 0.2) is 0 Å². The van der Waals surface area contributed by atoms with E-state index < -0.39 is 0 Å². The lowest BCUT2D eigenvalue weighted by Gasteiger charge is -2.22. The summed E-state index contributed by atoms with van der Waals surface area (Å²) in [6.07, 6.45) is 8.61. The van der Waals surface area contributed by atoms with Crippen LogP contribution in [0.25, 0.3) is 0 Å². The van der Waals surface area contributed by atoms with Crippen molar-refractivity contribution in [2.75, 3.05) is 11.9 Å². The molecule has 2 saturated carbocycles. The Morgan fingerprint density at radius 3 is 2.95 bits per heavy atom. The van der Waals surface area contributed by atoms with Crippen molar-refractivity contribution in [3.8, 4) is 5.75 Å². The molecule has 2 amide bonds. The summed E-state index contributed by atoms with van der Waals surface area (Å²) >= 11 is 0. The van der Waals surface area contributed by atoms with Gasteiger partial charge in [0.05, 0.1) is 6.61 Å². The lowest BCUT2D eigenvalue weighted by molar-refractivity contribution is 0.247. The second-order valence-corrected chi connectivity index (χ2v) is 6.66. The summed E-state index contributed by atoms with van der Waals surface area (Å²) in [6, 6.07) is 6.16. The van der Waals surface area contributed by atoms with Crippen molar-refractivity contribution in [2.45, 2.75) is 51.0 Å². The first kappa shape index (κ1) is 13.0. The average molecular weight is 286 g/mol. The molecular formula is C17H22N2O2. The summed E-state index contributed by atoms with van der Waals surface area (Å²) in [5.74, 6) is 0.906. The van der Waals surface area contributed by atoms with Crippen molar-refractivity contribution >= 4 is 11.7 Å². The van der Waals surface area contributed by atoms with Gasteiger partial charge in [0, 0.05) is 23.7 Å². The molecule has 1 aromatic rings. The molecule has 4 nitrogen and oxygen atoms in total. The van der Waals surface area contributed by atoms with Crippen LogP contribution in [0.1, 0.15) is 44.1 Å². The van der Waals surface area contributed by atoms with Crippen LogP contribution in [0.3, 0.4) is 0 Å². The van der Waals surface area contributed by atoms with Gasteiger partial charge in [-0.2, -0.15) is 0 Å². The van der Waals surface area contributed by atoms with Gasteiger partial charge in [0.1, 0.15) is 5.75 Å². The van der Waals surface area contributed by atoms with E-state index in [1.54, 1.807) is 0 Å². The molecule has 0 aromatic heterocycles. The second kappa shape index (κ2) is 4.93. The molecule has 1 atom stereocenters. The third-order valence-electron chi connectivity index (χ3n) is 5.34. The van der Waals surface area contributed by atoms with Crippen molar-refractivity contribution in [1.82, 2.24) is 5.32 Å². The van der Waals surface area contributed by atoms with Gasteiger partial charge in [-0.1, -0.05) is 25.3 Å². The quantitative estimate of drug-likeness (QED) is 0.874. The Bertz CT molecular complexity index is 564. The van der Waals surface area contributed by atoms with Crippen molar-refractivity contribution < 1.29 is 9.53 Å². The smallest absolute Gasteiger partial charge is 0.319 e. The number of rotatable bonds is 2. The second-order valence-electron chi connectivity index (χ2n) is 6.66. The van der Waals surface area contributed by atoms with Gasteiger partial charge in [0.2, 0.25) is 0 Å². The lowest BCUT2D eigenvalue weighted by Crippen LogP contribution is -2.34. The summed E-state index contributed by atoms with van der Waals surface area (Å²) in [6.45, 7) is 0.710. The number of anilines is 1. The van der Waals surface area contributed by atoms with Gasteiger partial charge in [-0.05, 0) is 36.8 Å². The molecule has 1 spiro atoms. The van der Waals surface area contributed by atoms with E-state index in [9.17, 15) is 4.79 Å². The van der Waals surface area contributed by atoms with Gasteiger partial charge in [-0.15, -0.1) is 0 Å². The molecule has 2 aliphatic carbocycles. The summed E-state index contributed by atoms with van der Waals surface area (Å²) in [5, 5.41) is 6.17. The highest BCUT2D eigenvalue weighted by molar-refractivity contribution is 5.91. The molecule has 112 valence electrons. The van der Waals surface area contributed by atoms with E-state index in [0.717, 1.165) is 29.8 Å². The first-order chi connectivity index (χ1) is 10.3. The third kappa shape index (κ3) is 2.37. The summed E-state index contributed by atoms with van der Waals surface area (Å²) in [4.78, 5) is 12.2. The normalized spacial score (nSPS) is 25.0. The fourth-order valence-electron chi connectivity index (χ4n) is 4.02. The van der Waals surface area contributed by atoms with E-state index in [-0.39, 0.29) is 6.03 Å². The summed E-state index contributed by atoms with van der Waals surface area (Å²) < 4.78 is 5.53. The minimum absolute atomic E-state index is 0.0669. The molecule has 1 unspecified atom stereocenters. The average Bonchev–Trinajstić information content (AvgIpc) is 2.93. The zero-order valence-electron chi connectivity index (χ0n) is 12.3. The van der Waals surface area contributed by atoms with Gasteiger partial charge < -0.3 is 15.4 Å². The maximum absolute atomic E-state index is 12.2. The van der Waals surface area contributed by atoms with Crippen LogP contribution in [0, 0.1) is 5.41 Å². The molecule has 4 heteroatoms. The van der Waals surface area contributed by atoms with E-state index in [4.69, 9.17) is 4.74 Å². The molecule has 2 N–H and O–H groups in total. The monoisotopic (exact) mass is 286 g/mol. The van der Waals surface area contributed by atoms with Crippen LogP contribution < -0.4 is 15.4 Å². The number of amides is 2. The molecule has 4 rings (SSSR count). The van der Waals surface area contributed by atoms with E-state index in [2.05, 4.69) is 10.6 Å². The van der Waals surface area contributed by atoms with Gasteiger partial charge in [-0.3, -0.25) is 0 Å². The first-order valence-electron chi connectivity index (χ1n) is 8.09. The fraction of sp³-hybridized carbons (Fsp3) is 0.588. The van der Waals surface area contributed by atoms with E-state index in [1.807, 2.05) is 18.2 Å². The maximum atomic E-state index is 12.2. The number of nitrogens with one attached hydrogen (secondary N) is 2. The SMILES string of the molecule is O=C(Nc1cccc2c1CCO2)NC1CC12CCCCC2. The van der Waals surface area contributed by atoms with E-state index >= 15 is 0 Å². The Kier molecular flexibility index (Phi) is 3.05. The van der Waals surface area contributed by atoms with Crippen molar-refractivity contribution in [3.63, 3.8) is 0 Å². The minimum Gasteiger partial charge on any atom is -0.493 e. The van der Waals surface area contributed by atoms with Gasteiger partial charge in [0.25, 0.3) is 0 Å². The van der Waals surface area contributed by atoms with Crippen LogP contribution in [0.5, 0.6) is 5.75 Å². The van der Waals surface area contributed by atoms with Gasteiger partial charge in [-0.25, -0.2) is 4.79 Å². The van der Waals surface area contributed by atoms with Crippen molar-refractivity contribution in [3.05, 3.63) is 23.8 Å². The van der Waals surface area contributed by atoms with E-state index in [0.29, 0.717) is 18.1 Å². The van der Waals surface area contributed by atoms with Crippen LogP contribution in [-0.4, -0.2) is 18.7 Å². The number of ether oxygens (including phenoxy) is 1. The van der Waals surface area contributed by atoms with Gasteiger partial charge >= 0.3 is 6.03 Å². The Morgan fingerprint density at radius 2 is 2.10 bits per heavy atom. The van der Waals surface area contributed by atoms with Crippen molar-refractivity contribution in [1.29, 1.82) is 0 Å². The molecule has 0 bridgehead atoms. The molecular weight excluding hydrogens is 264 g/mol. The molecule has 21 heavy (non-hydrogen) atoms. The molecule has 3 aliphatic rings. The Balaban J connectivity index is 1.38. The molecule has 0 radical (unpaired) electrons. The summed E-state index contributed by atoms with van der Waals surface area (Å²) in [5.41, 5.74) is 2.44. The number of urea groups is 1. The topological polar surface area (TPSA) is 50.4 Å². The van der Waals surface area contributed by atoms with Crippen LogP contribution in [-0.2, 0) is 6.42 Å². The fourth-order valence-corrected chi connectivity index (χ4v) is 4.02. The molecule has 1 heterocycles. The highest BCUT2D eigenvalue weighted by Gasteiger charge is 2.54. The number of carbonyl (C=O) groups excluding carboxylic acids is 1. The molecule has 1 aromatic carbocycles. The minimum atomic E-state index is -0.0669. The molecule has 2 fully saturated rings. The highest BCUT2D eigenvalue weighted by Crippen LogP contribution is 2.56. The standard InChI is InChI=1S/C17H22N2O2/c20-16(19-15-11-17(15)8-2-1-3-9-17)18-13-5-4-6-14-12(13)7-10-21-14/h4-6,15H,1-3,7-11H2,(H2,18,19,20). The van der Waals surface area contributed by atoms with Crippen LogP contribution >= 0.6 is 0 Å². The van der Waals surface area contributed by atoms with E-state index in [1.165, 1.54) is 32.1 Å². The summed E-state index contributed by atoms with van der Waals surface area (Å²) in [7, 11) is 0. The number of fused-ring (bicyclic) bond motifs is 1. The predicted molar refractivity (Wildman–Crippen MR) is 81.7 cm³/mol. The predicted octanol–water partition coefficient (Wildman–Crippen LogP) is 3.47. The number of carbonyl (C=O) groups is 1. The van der Waals surface area contributed by atoms with Crippen LogP contribution in [0.4, 0.5) is 10.5 Å². The zero-order chi connectivity index (χ0) is 14.3. The largest absolute Gasteiger partial charge is 0.493 e. The van der Waals surface area contributed by atoms with Crippen molar-refractivity contribution in [2.24, 2.45) is 5.41 Å².